The van der Waals surface area contributed by atoms with Gasteiger partial charge in [-0.2, -0.15) is 0 Å². The van der Waals surface area contributed by atoms with Gasteiger partial charge in [0.1, 0.15) is 11.6 Å². The van der Waals surface area contributed by atoms with Gasteiger partial charge in [0.15, 0.2) is 0 Å². The van der Waals surface area contributed by atoms with Crippen LogP contribution in [0.1, 0.15) is 42.3 Å². The number of benzene rings is 3. The Labute approximate surface area is 172 Å². The zero-order valence-corrected chi connectivity index (χ0v) is 17.2. The van der Waals surface area contributed by atoms with Crippen LogP contribution in [0, 0.1) is 0 Å². The van der Waals surface area contributed by atoms with Gasteiger partial charge < -0.3 is 9.30 Å². The molecule has 0 bridgehead atoms. The van der Waals surface area contributed by atoms with Crippen LogP contribution in [0.25, 0.3) is 23.2 Å². The lowest BCUT2D eigenvalue weighted by molar-refractivity contribution is 0.415. The predicted octanol–water partition coefficient (Wildman–Crippen LogP) is 6.39. The summed E-state index contributed by atoms with van der Waals surface area (Å²) in [4.78, 5) is 4.85. The van der Waals surface area contributed by atoms with Crippen LogP contribution in [0.2, 0.25) is 0 Å². The van der Waals surface area contributed by atoms with Crippen molar-refractivity contribution in [2.45, 2.75) is 26.3 Å². The van der Waals surface area contributed by atoms with E-state index in [9.17, 15) is 0 Å². The Morgan fingerprint density at radius 3 is 2.31 bits per heavy atom. The molecule has 0 aliphatic carbocycles. The highest BCUT2D eigenvalue weighted by Gasteiger charge is 2.09. The van der Waals surface area contributed by atoms with E-state index in [1.807, 2.05) is 30.3 Å². The first-order valence-corrected chi connectivity index (χ1v) is 10.0. The first kappa shape index (κ1) is 19.0. The van der Waals surface area contributed by atoms with Crippen LogP contribution >= 0.6 is 0 Å². The van der Waals surface area contributed by atoms with E-state index in [0.29, 0.717) is 5.92 Å². The number of imidazole rings is 1. The fraction of sp³-hybridized carbons (Fsp3) is 0.192. The summed E-state index contributed by atoms with van der Waals surface area (Å²) >= 11 is 0. The van der Waals surface area contributed by atoms with Gasteiger partial charge in [-0.3, -0.25) is 0 Å². The van der Waals surface area contributed by atoms with Crippen molar-refractivity contribution in [2.24, 2.45) is 0 Å². The van der Waals surface area contributed by atoms with Crippen LogP contribution in [0.4, 0.5) is 0 Å². The summed E-state index contributed by atoms with van der Waals surface area (Å²) in [6.07, 6.45) is 4.18. The Hall–Kier alpha value is -3.33. The number of hydrogen-bond acceptors (Lipinski definition) is 2. The predicted molar refractivity (Wildman–Crippen MR) is 121 cm³/mol. The maximum absolute atomic E-state index is 5.24. The number of aromatic nitrogens is 2. The second-order valence-electron chi connectivity index (χ2n) is 7.55. The molecule has 0 atom stereocenters. The Bertz CT molecular complexity index is 1120. The van der Waals surface area contributed by atoms with Gasteiger partial charge in [0.2, 0.25) is 0 Å². The van der Waals surface area contributed by atoms with Crippen molar-refractivity contribution in [1.29, 1.82) is 0 Å². The SMILES string of the molecule is COc1ccc(/C=C/c2nc3ccccc3n2Cc2ccc(C(C)C)cc2)cc1. The zero-order chi connectivity index (χ0) is 20.2. The normalized spacial score (nSPS) is 11.6. The van der Waals surface area contributed by atoms with Crippen LogP contribution in [-0.4, -0.2) is 16.7 Å². The van der Waals surface area contributed by atoms with Crippen molar-refractivity contribution in [3.8, 4) is 5.75 Å². The number of ether oxygens (including phenoxy) is 1. The standard InChI is InChI=1S/C26H26N2O/c1-19(2)22-13-8-21(9-14-22)18-28-25-7-5-4-6-24(25)27-26(28)17-12-20-10-15-23(29-3)16-11-20/h4-17,19H,18H2,1-3H3/b17-12+. The Kier molecular flexibility index (Phi) is 5.48. The van der Waals surface area contributed by atoms with Gasteiger partial charge in [0, 0.05) is 6.54 Å². The van der Waals surface area contributed by atoms with Crippen molar-refractivity contribution >= 4 is 23.2 Å². The maximum atomic E-state index is 5.24. The minimum atomic E-state index is 0.543. The average molecular weight is 383 g/mol. The Morgan fingerprint density at radius 1 is 0.897 bits per heavy atom. The van der Waals surface area contributed by atoms with E-state index in [4.69, 9.17) is 9.72 Å². The van der Waals surface area contributed by atoms with E-state index >= 15 is 0 Å². The highest BCUT2D eigenvalue weighted by Crippen LogP contribution is 2.22. The average Bonchev–Trinajstić information content (AvgIpc) is 3.10. The molecular formula is C26H26N2O. The summed E-state index contributed by atoms with van der Waals surface area (Å²) in [5.41, 5.74) is 5.92. The molecule has 3 nitrogen and oxygen atoms in total. The number of nitrogens with zero attached hydrogens (tertiary/aromatic N) is 2. The first-order chi connectivity index (χ1) is 14.1. The van der Waals surface area contributed by atoms with Crippen molar-refractivity contribution < 1.29 is 4.74 Å². The zero-order valence-electron chi connectivity index (χ0n) is 17.2. The molecule has 0 unspecified atom stereocenters. The van der Waals surface area contributed by atoms with Gasteiger partial charge in [-0.05, 0) is 52.9 Å². The lowest BCUT2D eigenvalue weighted by atomic mass is 10.0. The summed E-state index contributed by atoms with van der Waals surface area (Å²) < 4.78 is 7.52. The third-order valence-electron chi connectivity index (χ3n) is 5.21. The molecular weight excluding hydrogens is 356 g/mol. The van der Waals surface area contributed by atoms with Crippen LogP contribution < -0.4 is 4.74 Å². The van der Waals surface area contributed by atoms with E-state index in [0.717, 1.165) is 34.7 Å². The van der Waals surface area contributed by atoms with E-state index < -0.39 is 0 Å². The Morgan fingerprint density at radius 2 is 1.62 bits per heavy atom. The third-order valence-corrected chi connectivity index (χ3v) is 5.21. The molecule has 4 aromatic rings. The summed E-state index contributed by atoms with van der Waals surface area (Å²) in [6.45, 7) is 5.24. The van der Waals surface area contributed by atoms with Gasteiger partial charge in [0.05, 0.1) is 18.1 Å². The molecule has 146 valence electrons. The molecule has 0 N–H and O–H groups in total. The lowest BCUT2D eigenvalue weighted by Gasteiger charge is -2.10. The highest BCUT2D eigenvalue weighted by atomic mass is 16.5. The number of para-hydroxylation sites is 2. The summed E-state index contributed by atoms with van der Waals surface area (Å²) in [7, 11) is 1.68. The second kappa shape index (κ2) is 8.36. The molecule has 3 heteroatoms. The van der Waals surface area contributed by atoms with Crippen LogP contribution in [0.3, 0.4) is 0 Å². The molecule has 0 amide bonds. The molecule has 0 fully saturated rings. The molecule has 0 saturated heterocycles. The second-order valence-corrected chi connectivity index (χ2v) is 7.55. The molecule has 4 rings (SSSR count). The maximum Gasteiger partial charge on any atom is 0.134 e. The third kappa shape index (κ3) is 4.24. The van der Waals surface area contributed by atoms with E-state index in [1.54, 1.807) is 7.11 Å². The van der Waals surface area contributed by atoms with Gasteiger partial charge in [0.25, 0.3) is 0 Å². The fourth-order valence-corrected chi connectivity index (χ4v) is 3.46. The number of hydrogen-bond donors (Lipinski definition) is 0. The van der Waals surface area contributed by atoms with E-state index in [2.05, 4.69) is 73.0 Å². The molecule has 0 aliphatic heterocycles. The van der Waals surface area contributed by atoms with Crippen molar-refractivity contribution in [2.75, 3.05) is 7.11 Å². The molecule has 0 saturated carbocycles. The summed E-state index contributed by atoms with van der Waals surface area (Å²) in [5, 5.41) is 0. The molecule has 1 aromatic heterocycles. The van der Waals surface area contributed by atoms with Crippen LogP contribution in [-0.2, 0) is 6.54 Å². The van der Waals surface area contributed by atoms with Crippen LogP contribution in [0.5, 0.6) is 5.75 Å². The van der Waals surface area contributed by atoms with E-state index in [-0.39, 0.29) is 0 Å². The van der Waals surface area contributed by atoms with Gasteiger partial charge in [-0.1, -0.05) is 68.5 Å². The Balaban J connectivity index is 1.67. The highest BCUT2D eigenvalue weighted by molar-refractivity contribution is 5.80. The van der Waals surface area contributed by atoms with Crippen molar-refractivity contribution in [3.05, 3.63) is 95.3 Å². The lowest BCUT2D eigenvalue weighted by Crippen LogP contribution is -2.02. The molecule has 29 heavy (non-hydrogen) atoms. The van der Waals surface area contributed by atoms with Crippen molar-refractivity contribution in [1.82, 2.24) is 9.55 Å². The first-order valence-electron chi connectivity index (χ1n) is 10.0. The quantitative estimate of drug-likeness (QED) is 0.386. The fourth-order valence-electron chi connectivity index (χ4n) is 3.46. The molecule has 3 aromatic carbocycles. The smallest absolute Gasteiger partial charge is 0.134 e. The topological polar surface area (TPSA) is 27.1 Å². The van der Waals surface area contributed by atoms with E-state index in [1.165, 1.54) is 11.1 Å². The summed E-state index contributed by atoms with van der Waals surface area (Å²) in [6, 6.07) is 25.2. The van der Waals surface area contributed by atoms with Gasteiger partial charge in [-0.25, -0.2) is 4.98 Å². The van der Waals surface area contributed by atoms with Gasteiger partial charge in [-0.15, -0.1) is 0 Å². The minimum Gasteiger partial charge on any atom is -0.497 e. The van der Waals surface area contributed by atoms with Gasteiger partial charge >= 0.3 is 0 Å². The summed E-state index contributed by atoms with van der Waals surface area (Å²) in [5.74, 6) is 2.36. The number of methoxy groups -OCH3 is 1. The monoisotopic (exact) mass is 382 g/mol. The molecule has 0 aliphatic rings. The van der Waals surface area contributed by atoms with Crippen molar-refractivity contribution in [3.63, 3.8) is 0 Å². The minimum absolute atomic E-state index is 0.543. The number of rotatable bonds is 6. The van der Waals surface area contributed by atoms with Crippen LogP contribution in [0.15, 0.2) is 72.8 Å². The number of fused-ring (bicyclic) bond motifs is 1. The molecule has 0 spiro atoms. The molecule has 0 radical (unpaired) electrons. The largest absolute Gasteiger partial charge is 0.497 e. The molecule has 1 heterocycles.